The van der Waals surface area contributed by atoms with E-state index in [1.165, 1.54) is 0 Å². The molecule has 0 bridgehead atoms. The van der Waals surface area contributed by atoms with Crippen LogP contribution in [0.25, 0.3) is 0 Å². The first-order valence-corrected chi connectivity index (χ1v) is 6.07. The number of anilines is 2. The molecular formula is C14H15N3S. The highest BCUT2D eigenvalue weighted by Crippen LogP contribution is 2.24. The van der Waals surface area contributed by atoms with Crippen LogP contribution in [0.4, 0.5) is 11.4 Å². The summed E-state index contributed by atoms with van der Waals surface area (Å²) in [5.74, 6) is 0. The van der Waals surface area contributed by atoms with E-state index in [1.807, 2.05) is 44.3 Å². The molecule has 3 nitrogen and oxygen atoms in total. The first-order chi connectivity index (χ1) is 8.58. The number of nitrogens with one attached hydrogen (secondary N) is 1. The summed E-state index contributed by atoms with van der Waals surface area (Å²) in [6, 6.07) is 7.92. The van der Waals surface area contributed by atoms with Gasteiger partial charge in [0.2, 0.25) is 0 Å². The Morgan fingerprint density at radius 3 is 2.72 bits per heavy atom. The molecule has 92 valence electrons. The van der Waals surface area contributed by atoms with E-state index in [4.69, 9.17) is 18.0 Å². The number of thiocarbonyl (C=S) groups is 1. The number of nitrogens with two attached hydrogens (primary N) is 1. The maximum atomic E-state index is 5.74. The van der Waals surface area contributed by atoms with Gasteiger partial charge in [-0.3, -0.25) is 4.98 Å². The van der Waals surface area contributed by atoms with Crippen molar-refractivity contribution in [3.63, 3.8) is 0 Å². The number of para-hydroxylation sites is 1. The molecule has 2 rings (SSSR count). The summed E-state index contributed by atoms with van der Waals surface area (Å²) in [4.78, 5) is 4.55. The first kappa shape index (κ1) is 12.5. The quantitative estimate of drug-likeness (QED) is 0.830. The molecule has 0 unspecified atom stereocenters. The normalized spacial score (nSPS) is 10.1. The minimum Gasteiger partial charge on any atom is -0.389 e. The van der Waals surface area contributed by atoms with Crippen molar-refractivity contribution >= 4 is 28.6 Å². The fourth-order valence-corrected chi connectivity index (χ4v) is 1.98. The van der Waals surface area contributed by atoms with Crippen molar-refractivity contribution in [3.8, 4) is 0 Å². The van der Waals surface area contributed by atoms with E-state index in [0.29, 0.717) is 4.99 Å². The topological polar surface area (TPSA) is 50.9 Å². The van der Waals surface area contributed by atoms with Gasteiger partial charge in [0.1, 0.15) is 4.99 Å². The molecule has 3 N–H and O–H groups in total. The lowest BCUT2D eigenvalue weighted by atomic mass is 10.1. The molecule has 0 aliphatic rings. The Labute approximate surface area is 112 Å². The standard InChI is InChI=1S/C14H15N3S/c1-9-6-11(8-16-7-9)17-13-10(2)4-3-5-12(13)14(15)18/h3-8,17H,1-2H3,(H2,15,18). The van der Waals surface area contributed by atoms with Crippen molar-refractivity contribution in [2.24, 2.45) is 5.73 Å². The van der Waals surface area contributed by atoms with Gasteiger partial charge in [-0.1, -0.05) is 24.4 Å². The monoisotopic (exact) mass is 257 g/mol. The lowest BCUT2D eigenvalue weighted by Crippen LogP contribution is -2.12. The molecule has 0 saturated carbocycles. The van der Waals surface area contributed by atoms with Crippen molar-refractivity contribution in [1.82, 2.24) is 4.98 Å². The van der Waals surface area contributed by atoms with E-state index in [-0.39, 0.29) is 0 Å². The summed E-state index contributed by atoms with van der Waals surface area (Å²) in [6.45, 7) is 4.03. The zero-order valence-electron chi connectivity index (χ0n) is 10.4. The number of hydrogen-bond donors (Lipinski definition) is 2. The van der Waals surface area contributed by atoms with Gasteiger partial charge in [0.15, 0.2) is 0 Å². The number of hydrogen-bond acceptors (Lipinski definition) is 3. The number of rotatable bonds is 3. The van der Waals surface area contributed by atoms with Gasteiger partial charge in [0.05, 0.1) is 17.6 Å². The maximum absolute atomic E-state index is 5.74. The number of pyridine rings is 1. The summed E-state index contributed by atoms with van der Waals surface area (Å²) < 4.78 is 0. The predicted octanol–water partition coefficient (Wildman–Crippen LogP) is 3.08. The molecule has 0 atom stereocenters. The van der Waals surface area contributed by atoms with Gasteiger partial charge < -0.3 is 11.1 Å². The maximum Gasteiger partial charge on any atom is 0.106 e. The lowest BCUT2D eigenvalue weighted by Gasteiger charge is -2.14. The van der Waals surface area contributed by atoms with Gasteiger partial charge in [0, 0.05) is 11.8 Å². The van der Waals surface area contributed by atoms with Crippen molar-refractivity contribution in [2.75, 3.05) is 5.32 Å². The van der Waals surface area contributed by atoms with Crippen LogP contribution in [-0.2, 0) is 0 Å². The van der Waals surface area contributed by atoms with E-state index >= 15 is 0 Å². The third-order valence-electron chi connectivity index (χ3n) is 2.68. The van der Waals surface area contributed by atoms with Crippen LogP contribution >= 0.6 is 12.2 Å². The Morgan fingerprint density at radius 1 is 1.28 bits per heavy atom. The van der Waals surface area contributed by atoms with Crippen LogP contribution in [0.2, 0.25) is 0 Å². The third-order valence-corrected chi connectivity index (χ3v) is 2.90. The molecule has 0 aliphatic carbocycles. The summed E-state index contributed by atoms with van der Waals surface area (Å²) in [5.41, 5.74) is 10.7. The zero-order valence-corrected chi connectivity index (χ0v) is 11.2. The Balaban J connectivity index is 2.42. The van der Waals surface area contributed by atoms with E-state index in [0.717, 1.165) is 28.1 Å². The largest absolute Gasteiger partial charge is 0.389 e. The van der Waals surface area contributed by atoms with Gasteiger partial charge in [-0.2, -0.15) is 0 Å². The minimum absolute atomic E-state index is 0.391. The van der Waals surface area contributed by atoms with Crippen LogP contribution in [0.3, 0.4) is 0 Å². The highest BCUT2D eigenvalue weighted by Gasteiger charge is 2.08. The van der Waals surface area contributed by atoms with Crippen molar-refractivity contribution in [2.45, 2.75) is 13.8 Å². The first-order valence-electron chi connectivity index (χ1n) is 5.66. The second-order valence-corrected chi connectivity index (χ2v) is 4.68. The van der Waals surface area contributed by atoms with E-state index in [9.17, 15) is 0 Å². The minimum atomic E-state index is 0.391. The van der Waals surface area contributed by atoms with Crippen LogP contribution in [-0.4, -0.2) is 9.97 Å². The van der Waals surface area contributed by atoms with Gasteiger partial charge in [-0.15, -0.1) is 0 Å². The zero-order chi connectivity index (χ0) is 13.1. The third kappa shape index (κ3) is 2.65. The molecule has 1 aromatic carbocycles. The molecule has 2 aromatic rings. The van der Waals surface area contributed by atoms with Crippen molar-refractivity contribution in [3.05, 3.63) is 53.3 Å². The van der Waals surface area contributed by atoms with Crippen molar-refractivity contribution in [1.29, 1.82) is 0 Å². The fourth-order valence-electron chi connectivity index (χ4n) is 1.81. The highest BCUT2D eigenvalue weighted by atomic mass is 32.1. The van der Waals surface area contributed by atoms with Gasteiger partial charge in [-0.25, -0.2) is 0 Å². The van der Waals surface area contributed by atoms with Gasteiger partial charge >= 0.3 is 0 Å². The predicted molar refractivity (Wildman–Crippen MR) is 79.3 cm³/mol. The average molecular weight is 257 g/mol. The molecule has 18 heavy (non-hydrogen) atoms. The molecule has 0 spiro atoms. The number of aromatic nitrogens is 1. The van der Waals surface area contributed by atoms with Crippen molar-refractivity contribution < 1.29 is 0 Å². The van der Waals surface area contributed by atoms with Crippen LogP contribution in [0.5, 0.6) is 0 Å². The number of aryl methyl sites for hydroxylation is 2. The Bertz CT molecular complexity index is 593. The molecule has 0 fully saturated rings. The average Bonchev–Trinajstić information content (AvgIpc) is 2.31. The summed E-state index contributed by atoms with van der Waals surface area (Å²) in [7, 11) is 0. The second kappa shape index (κ2) is 5.14. The molecule has 0 aliphatic heterocycles. The Morgan fingerprint density at radius 2 is 2.06 bits per heavy atom. The Kier molecular flexibility index (Phi) is 3.58. The summed E-state index contributed by atoms with van der Waals surface area (Å²) in [5, 5.41) is 3.33. The second-order valence-electron chi connectivity index (χ2n) is 4.24. The van der Waals surface area contributed by atoms with E-state index in [2.05, 4.69) is 10.3 Å². The van der Waals surface area contributed by atoms with E-state index in [1.54, 1.807) is 6.20 Å². The smallest absolute Gasteiger partial charge is 0.106 e. The van der Waals surface area contributed by atoms with Gasteiger partial charge in [0.25, 0.3) is 0 Å². The molecular weight excluding hydrogens is 242 g/mol. The van der Waals surface area contributed by atoms with E-state index < -0.39 is 0 Å². The molecule has 0 saturated heterocycles. The van der Waals surface area contributed by atoms with Crippen LogP contribution in [0.1, 0.15) is 16.7 Å². The SMILES string of the molecule is Cc1cncc(Nc2c(C)cccc2C(N)=S)c1. The van der Waals surface area contributed by atoms with Crippen LogP contribution in [0.15, 0.2) is 36.7 Å². The molecule has 0 amide bonds. The summed E-state index contributed by atoms with van der Waals surface area (Å²) in [6.07, 6.45) is 3.60. The molecule has 4 heteroatoms. The number of benzene rings is 1. The summed E-state index contributed by atoms with van der Waals surface area (Å²) >= 11 is 5.07. The van der Waals surface area contributed by atoms with Crippen LogP contribution < -0.4 is 11.1 Å². The molecule has 0 radical (unpaired) electrons. The number of nitrogens with zero attached hydrogens (tertiary/aromatic N) is 1. The fraction of sp³-hybridized carbons (Fsp3) is 0.143. The lowest BCUT2D eigenvalue weighted by molar-refractivity contribution is 1.26. The highest BCUT2D eigenvalue weighted by molar-refractivity contribution is 7.80. The molecule has 1 heterocycles. The van der Waals surface area contributed by atoms with Gasteiger partial charge in [-0.05, 0) is 37.1 Å². The van der Waals surface area contributed by atoms with Crippen LogP contribution in [0, 0.1) is 13.8 Å². The molecule has 1 aromatic heterocycles. The Hall–Kier alpha value is -1.94.